The van der Waals surface area contributed by atoms with Crippen molar-refractivity contribution >= 4 is 23.2 Å². The molecule has 2 saturated heterocycles. The summed E-state index contributed by atoms with van der Waals surface area (Å²) in [5, 5.41) is 2.97. The van der Waals surface area contributed by atoms with E-state index in [1.165, 1.54) is 0 Å². The van der Waals surface area contributed by atoms with Crippen molar-refractivity contribution in [3.63, 3.8) is 0 Å². The zero-order chi connectivity index (χ0) is 16.3. The van der Waals surface area contributed by atoms with E-state index in [0.29, 0.717) is 13.0 Å². The van der Waals surface area contributed by atoms with Crippen LogP contribution in [-0.2, 0) is 14.4 Å². The van der Waals surface area contributed by atoms with Gasteiger partial charge in [-0.25, -0.2) is 0 Å². The van der Waals surface area contributed by atoms with Crippen molar-refractivity contribution < 1.29 is 14.4 Å². The summed E-state index contributed by atoms with van der Waals surface area (Å²) in [5.74, 6) is 0.0865. The van der Waals surface area contributed by atoms with Crippen molar-refractivity contribution in [3.05, 3.63) is 24.3 Å². The first kappa shape index (κ1) is 15.8. The lowest BCUT2D eigenvalue weighted by Crippen LogP contribution is -2.50. The van der Waals surface area contributed by atoms with E-state index >= 15 is 0 Å². The van der Waals surface area contributed by atoms with Gasteiger partial charge < -0.3 is 10.2 Å². The third-order valence-electron chi connectivity index (χ3n) is 4.85. The molecule has 6 nitrogen and oxygen atoms in total. The first-order valence-corrected chi connectivity index (χ1v) is 8.12. The second-order valence-corrected chi connectivity index (χ2v) is 6.32. The first-order valence-electron chi connectivity index (χ1n) is 8.12. The number of hydrogen-bond donors (Lipinski definition) is 2. The minimum atomic E-state index is -0.498. The second-order valence-electron chi connectivity index (χ2n) is 6.32. The summed E-state index contributed by atoms with van der Waals surface area (Å²) >= 11 is 0. The number of nitrogens with one attached hydrogen (secondary N) is 2. The molecule has 2 amide bonds. The number of benzene rings is 1. The molecule has 0 radical (unpaired) electrons. The number of amides is 2. The predicted molar refractivity (Wildman–Crippen MR) is 88.0 cm³/mol. The number of carbonyl (C=O) groups excluding carboxylic acids is 2. The lowest BCUT2D eigenvalue weighted by atomic mass is 9.74. The summed E-state index contributed by atoms with van der Waals surface area (Å²) in [6, 6.07) is 7.53. The normalized spacial score (nSPS) is 25.2. The van der Waals surface area contributed by atoms with Crippen molar-refractivity contribution in [1.82, 2.24) is 5.32 Å². The number of nitrogens with zero attached hydrogens (tertiary/aromatic N) is 1. The van der Waals surface area contributed by atoms with Crippen LogP contribution in [0.2, 0.25) is 0 Å². The van der Waals surface area contributed by atoms with Gasteiger partial charge in [-0.05, 0) is 43.5 Å². The molecule has 6 heteroatoms. The van der Waals surface area contributed by atoms with E-state index < -0.39 is 5.41 Å². The molecule has 124 valence electrons. The highest BCUT2D eigenvalue weighted by molar-refractivity contribution is 5.99. The lowest BCUT2D eigenvalue weighted by molar-refractivity contribution is -0.137. The molecule has 3 rings (SSSR count). The molecule has 0 aromatic heterocycles. The maximum absolute atomic E-state index is 12.6. The van der Waals surface area contributed by atoms with Gasteiger partial charge in [-0.2, -0.15) is 0 Å². The second kappa shape index (κ2) is 6.58. The average molecular weight is 317 g/mol. The standard InChI is InChI=1S/C17H23N3O3/c1-23-19-13-4-6-14(7-5-13)20-11-9-17(12-15(20)21)8-2-3-10-18-16(17)22/h4-7,19H,2-3,8-12H2,1H3,(H,18,22). The third kappa shape index (κ3) is 3.17. The predicted octanol–water partition coefficient (Wildman–Crippen LogP) is 2.07. The molecule has 2 aliphatic heterocycles. The maximum Gasteiger partial charge on any atom is 0.228 e. The fourth-order valence-electron chi connectivity index (χ4n) is 3.52. The number of anilines is 2. The van der Waals surface area contributed by atoms with E-state index in [1.54, 1.807) is 12.0 Å². The van der Waals surface area contributed by atoms with Crippen LogP contribution >= 0.6 is 0 Å². The Bertz CT molecular complexity index is 587. The van der Waals surface area contributed by atoms with E-state index in [4.69, 9.17) is 4.84 Å². The van der Waals surface area contributed by atoms with Crippen LogP contribution < -0.4 is 15.7 Å². The highest BCUT2D eigenvalue weighted by atomic mass is 16.6. The Kier molecular flexibility index (Phi) is 4.52. The van der Waals surface area contributed by atoms with E-state index in [9.17, 15) is 9.59 Å². The molecule has 2 heterocycles. The van der Waals surface area contributed by atoms with Gasteiger partial charge in [-0.1, -0.05) is 6.42 Å². The van der Waals surface area contributed by atoms with E-state index in [-0.39, 0.29) is 11.8 Å². The molecule has 2 aliphatic rings. The lowest BCUT2D eigenvalue weighted by Gasteiger charge is -2.39. The quantitative estimate of drug-likeness (QED) is 0.837. The number of carbonyl (C=O) groups is 2. The minimum Gasteiger partial charge on any atom is -0.356 e. The molecule has 2 fully saturated rings. The molecular formula is C17H23N3O3. The SMILES string of the molecule is CONc1ccc(N2CCC3(CCCCNC3=O)CC2=O)cc1. The van der Waals surface area contributed by atoms with Gasteiger partial charge >= 0.3 is 0 Å². The van der Waals surface area contributed by atoms with E-state index in [0.717, 1.165) is 43.6 Å². The Labute approximate surface area is 136 Å². The Hall–Kier alpha value is -2.08. The van der Waals surface area contributed by atoms with Crippen LogP contribution in [0, 0.1) is 5.41 Å². The summed E-state index contributed by atoms with van der Waals surface area (Å²) in [4.78, 5) is 31.7. The van der Waals surface area contributed by atoms with Crippen LogP contribution in [-0.4, -0.2) is 32.0 Å². The van der Waals surface area contributed by atoms with Gasteiger partial charge in [0.05, 0.1) is 18.2 Å². The summed E-state index contributed by atoms with van der Waals surface area (Å²) in [6.07, 6.45) is 3.84. The van der Waals surface area contributed by atoms with Gasteiger partial charge in [-0.3, -0.25) is 19.9 Å². The fraction of sp³-hybridized carbons (Fsp3) is 0.529. The van der Waals surface area contributed by atoms with Crippen molar-refractivity contribution in [2.75, 3.05) is 30.6 Å². The van der Waals surface area contributed by atoms with Crippen LogP contribution in [0.15, 0.2) is 24.3 Å². The number of rotatable bonds is 3. The smallest absolute Gasteiger partial charge is 0.228 e. The molecule has 0 saturated carbocycles. The van der Waals surface area contributed by atoms with Gasteiger partial charge in [0.2, 0.25) is 11.8 Å². The molecule has 1 atom stereocenters. The van der Waals surface area contributed by atoms with Crippen LogP contribution in [0.25, 0.3) is 0 Å². The van der Waals surface area contributed by atoms with Gasteiger partial charge in [0.25, 0.3) is 0 Å². The van der Waals surface area contributed by atoms with Gasteiger partial charge in [0, 0.05) is 25.2 Å². The average Bonchev–Trinajstić information content (AvgIpc) is 2.72. The van der Waals surface area contributed by atoms with Crippen molar-refractivity contribution in [1.29, 1.82) is 0 Å². The zero-order valence-electron chi connectivity index (χ0n) is 13.4. The fourth-order valence-corrected chi connectivity index (χ4v) is 3.52. The largest absolute Gasteiger partial charge is 0.356 e. The first-order chi connectivity index (χ1) is 11.1. The summed E-state index contributed by atoms with van der Waals surface area (Å²) in [6.45, 7) is 1.32. The third-order valence-corrected chi connectivity index (χ3v) is 4.85. The maximum atomic E-state index is 12.6. The molecule has 0 bridgehead atoms. The zero-order valence-corrected chi connectivity index (χ0v) is 13.4. The van der Waals surface area contributed by atoms with Gasteiger partial charge in [0.15, 0.2) is 0 Å². The summed E-state index contributed by atoms with van der Waals surface area (Å²) < 4.78 is 0. The van der Waals surface area contributed by atoms with Crippen molar-refractivity contribution in [2.24, 2.45) is 5.41 Å². The highest BCUT2D eigenvalue weighted by Crippen LogP contribution is 2.40. The van der Waals surface area contributed by atoms with Crippen LogP contribution in [0.4, 0.5) is 11.4 Å². The minimum absolute atomic E-state index is 0.0285. The van der Waals surface area contributed by atoms with Gasteiger partial charge in [0.1, 0.15) is 0 Å². The topological polar surface area (TPSA) is 70.7 Å². The number of hydrogen-bond acceptors (Lipinski definition) is 4. The molecule has 1 unspecified atom stereocenters. The summed E-state index contributed by atoms with van der Waals surface area (Å²) in [7, 11) is 1.55. The number of piperidine rings is 1. The molecule has 23 heavy (non-hydrogen) atoms. The van der Waals surface area contributed by atoms with E-state index in [1.807, 2.05) is 24.3 Å². The van der Waals surface area contributed by atoms with Gasteiger partial charge in [-0.15, -0.1) is 0 Å². The summed E-state index contributed by atoms with van der Waals surface area (Å²) in [5.41, 5.74) is 3.95. The van der Waals surface area contributed by atoms with Crippen LogP contribution in [0.3, 0.4) is 0 Å². The van der Waals surface area contributed by atoms with Crippen molar-refractivity contribution in [3.8, 4) is 0 Å². The molecule has 2 N–H and O–H groups in total. The Morgan fingerprint density at radius 3 is 2.65 bits per heavy atom. The Balaban J connectivity index is 1.73. The van der Waals surface area contributed by atoms with Crippen molar-refractivity contribution in [2.45, 2.75) is 32.1 Å². The molecule has 0 aliphatic carbocycles. The molecule has 1 aromatic rings. The monoisotopic (exact) mass is 317 g/mol. The molecule has 1 aromatic carbocycles. The Morgan fingerprint density at radius 1 is 1.17 bits per heavy atom. The van der Waals surface area contributed by atoms with Crippen LogP contribution in [0.5, 0.6) is 0 Å². The Morgan fingerprint density at radius 2 is 1.96 bits per heavy atom. The van der Waals surface area contributed by atoms with Crippen LogP contribution in [0.1, 0.15) is 32.1 Å². The molecular weight excluding hydrogens is 294 g/mol. The molecule has 1 spiro atoms. The van der Waals surface area contributed by atoms with E-state index in [2.05, 4.69) is 10.8 Å². The highest BCUT2D eigenvalue weighted by Gasteiger charge is 2.45.